The van der Waals surface area contributed by atoms with Crippen molar-refractivity contribution in [3.8, 4) is 0 Å². The van der Waals surface area contributed by atoms with Crippen molar-refractivity contribution < 1.29 is 9.59 Å². The van der Waals surface area contributed by atoms with Crippen LogP contribution in [0.5, 0.6) is 0 Å². The van der Waals surface area contributed by atoms with Crippen molar-refractivity contribution in [1.82, 2.24) is 4.90 Å². The third-order valence-corrected chi connectivity index (χ3v) is 3.68. The molecule has 2 N–H and O–H groups in total. The fourth-order valence-electron chi connectivity index (χ4n) is 1.99. The van der Waals surface area contributed by atoms with Gasteiger partial charge in [0.05, 0.1) is 6.54 Å². The Hall–Kier alpha value is -1.88. The number of likely N-dealkylation sites (N-methyl/N-ethyl adjacent to an activating group) is 1. The summed E-state index contributed by atoms with van der Waals surface area (Å²) in [6, 6.07) is 9.70. The maximum Gasteiger partial charge on any atom is 0.241 e. The molecule has 5 heteroatoms. The molecule has 0 heterocycles. The molecule has 0 aliphatic heterocycles. The lowest BCUT2D eigenvalue weighted by Crippen LogP contribution is -2.43. The van der Waals surface area contributed by atoms with E-state index in [0.29, 0.717) is 19.1 Å². The topological polar surface area (TPSA) is 66.6 Å². The number of amides is 2. The van der Waals surface area contributed by atoms with Gasteiger partial charge in [-0.3, -0.25) is 14.5 Å². The Morgan fingerprint density at radius 3 is 2.38 bits per heavy atom. The van der Waals surface area contributed by atoms with Crippen LogP contribution >= 0.6 is 0 Å². The zero-order chi connectivity index (χ0) is 15.8. The van der Waals surface area contributed by atoms with Crippen LogP contribution in [-0.4, -0.2) is 42.9 Å². The number of nitrogens with zero attached hydrogens (tertiary/aromatic N) is 2. The zero-order valence-electron chi connectivity index (χ0n) is 13.1. The molecule has 1 rings (SSSR count). The van der Waals surface area contributed by atoms with Gasteiger partial charge in [0.15, 0.2) is 0 Å². The van der Waals surface area contributed by atoms with Crippen LogP contribution in [0.2, 0.25) is 0 Å². The molecule has 5 nitrogen and oxygen atoms in total. The second-order valence-corrected chi connectivity index (χ2v) is 5.27. The monoisotopic (exact) mass is 291 g/mol. The average Bonchev–Trinajstić information content (AvgIpc) is 2.47. The molecule has 0 saturated heterocycles. The van der Waals surface area contributed by atoms with Crippen LogP contribution in [0.4, 0.5) is 5.69 Å². The van der Waals surface area contributed by atoms with Crippen molar-refractivity contribution in [2.45, 2.75) is 32.7 Å². The third-order valence-electron chi connectivity index (χ3n) is 3.68. The second-order valence-electron chi connectivity index (χ2n) is 5.27. The van der Waals surface area contributed by atoms with Crippen molar-refractivity contribution in [2.24, 2.45) is 5.73 Å². The number of primary amides is 1. The van der Waals surface area contributed by atoms with Crippen LogP contribution < -0.4 is 10.6 Å². The minimum absolute atomic E-state index is 0.0229. The molecule has 21 heavy (non-hydrogen) atoms. The van der Waals surface area contributed by atoms with E-state index in [2.05, 4.69) is 13.8 Å². The number of benzene rings is 1. The molecular weight excluding hydrogens is 266 g/mol. The van der Waals surface area contributed by atoms with Crippen LogP contribution in [0.15, 0.2) is 30.3 Å². The first-order valence-corrected chi connectivity index (χ1v) is 7.29. The highest BCUT2D eigenvalue weighted by molar-refractivity contribution is 5.95. The number of rotatable bonds is 8. The van der Waals surface area contributed by atoms with E-state index >= 15 is 0 Å². The van der Waals surface area contributed by atoms with Gasteiger partial charge in [-0.1, -0.05) is 25.1 Å². The Morgan fingerprint density at radius 2 is 1.86 bits per heavy atom. The molecule has 0 spiro atoms. The number of carbonyl (C=O) groups excluding carboxylic acids is 2. The molecule has 0 unspecified atom stereocenters. The molecule has 1 aromatic carbocycles. The summed E-state index contributed by atoms with van der Waals surface area (Å²) in [6.45, 7) is 4.81. The van der Waals surface area contributed by atoms with Crippen molar-refractivity contribution in [3.63, 3.8) is 0 Å². The number of anilines is 1. The van der Waals surface area contributed by atoms with Gasteiger partial charge in [0, 0.05) is 24.7 Å². The van der Waals surface area contributed by atoms with Crippen LogP contribution in [-0.2, 0) is 9.59 Å². The van der Waals surface area contributed by atoms with Crippen LogP contribution in [0.3, 0.4) is 0 Å². The van der Waals surface area contributed by atoms with E-state index in [1.165, 1.54) is 0 Å². The normalized spacial score (nSPS) is 12.2. The minimum Gasteiger partial charge on any atom is -0.370 e. The molecule has 1 atom stereocenters. The van der Waals surface area contributed by atoms with E-state index in [1.54, 1.807) is 4.90 Å². The Balaban J connectivity index is 2.80. The highest BCUT2D eigenvalue weighted by Crippen LogP contribution is 2.14. The van der Waals surface area contributed by atoms with Gasteiger partial charge in [0.2, 0.25) is 11.8 Å². The van der Waals surface area contributed by atoms with E-state index in [4.69, 9.17) is 5.73 Å². The third kappa shape index (κ3) is 5.55. The molecule has 0 fully saturated rings. The van der Waals surface area contributed by atoms with Gasteiger partial charge in [-0.15, -0.1) is 0 Å². The molecule has 0 saturated carbocycles. The first kappa shape index (κ1) is 17.2. The van der Waals surface area contributed by atoms with Crippen molar-refractivity contribution in [1.29, 1.82) is 0 Å². The largest absolute Gasteiger partial charge is 0.370 e. The Bertz CT molecular complexity index is 462. The summed E-state index contributed by atoms with van der Waals surface area (Å²) >= 11 is 0. The summed E-state index contributed by atoms with van der Waals surface area (Å²) in [6.07, 6.45) is 1.14. The summed E-state index contributed by atoms with van der Waals surface area (Å²) in [5.41, 5.74) is 6.00. The standard InChI is InChI=1S/C16H25N3O2/c1-4-13(2)18(3)12-16(21)19(11-10-15(17)20)14-8-6-5-7-9-14/h5-9,13H,4,10-12H2,1-3H3,(H2,17,20)/t13-/m1/s1. The fourth-order valence-corrected chi connectivity index (χ4v) is 1.99. The van der Waals surface area contributed by atoms with Gasteiger partial charge in [-0.05, 0) is 32.5 Å². The molecule has 2 amide bonds. The van der Waals surface area contributed by atoms with Gasteiger partial charge < -0.3 is 10.6 Å². The Morgan fingerprint density at radius 1 is 1.24 bits per heavy atom. The maximum absolute atomic E-state index is 12.5. The smallest absolute Gasteiger partial charge is 0.241 e. The summed E-state index contributed by atoms with van der Waals surface area (Å²) in [5, 5.41) is 0. The second kappa shape index (κ2) is 8.42. The average molecular weight is 291 g/mol. The van der Waals surface area contributed by atoms with E-state index in [0.717, 1.165) is 12.1 Å². The predicted molar refractivity (Wildman–Crippen MR) is 85.0 cm³/mol. The zero-order valence-corrected chi connectivity index (χ0v) is 13.1. The minimum atomic E-state index is -0.404. The molecule has 116 valence electrons. The van der Waals surface area contributed by atoms with E-state index in [9.17, 15) is 9.59 Å². The Labute approximate surface area is 126 Å². The first-order valence-electron chi connectivity index (χ1n) is 7.29. The molecule has 0 aromatic heterocycles. The van der Waals surface area contributed by atoms with Gasteiger partial charge in [0.25, 0.3) is 0 Å². The number of para-hydroxylation sites is 1. The van der Waals surface area contributed by atoms with E-state index in [1.807, 2.05) is 42.3 Å². The van der Waals surface area contributed by atoms with E-state index < -0.39 is 5.91 Å². The summed E-state index contributed by atoms with van der Waals surface area (Å²) in [5.74, 6) is -0.427. The van der Waals surface area contributed by atoms with Gasteiger partial charge in [0.1, 0.15) is 0 Å². The fraction of sp³-hybridized carbons (Fsp3) is 0.500. The number of nitrogens with two attached hydrogens (primary N) is 1. The summed E-state index contributed by atoms with van der Waals surface area (Å²) < 4.78 is 0. The molecule has 0 bridgehead atoms. The molecular formula is C16H25N3O2. The van der Waals surface area contributed by atoms with Crippen molar-refractivity contribution in [2.75, 3.05) is 25.0 Å². The number of hydrogen-bond donors (Lipinski definition) is 1. The van der Waals surface area contributed by atoms with Gasteiger partial charge in [-0.25, -0.2) is 0 Å². The van der Waals surface area contributed by atoms with Gasteiger partial charge >= 0.3 is 0 Å². The lowest BCUT2D eigenvalue weighted by molar-refractivity contribution is -0.120. The highest BCUT2D eigenvalue weighted by Gasteiger charge is 2.19. The van der Waals surface area contributed by atoms with Crippen LogP contribution in [0.1, 0.15) is 26.7 Å². The van der Waals surface area contributed by atoms with Crippen molar-refractivity contribution in [3.05, 3.63) is 30.3 Å². The molecule has 0 radical (unpaired) electrons. The lowest BCUT2D eigenvalue weighted by Gasteiger charge is -2.28. The molecule has 0 aliphatic carbocycles. The quantitative estimate of drug-likeness (QED) is 0.791. The Kier molecular flexibility index (Phi) is 6.88. The van der Waals surface area contributed by atoms with Crippen LogP contribution in [0, 0.1) is 0 Å². The number of hydrogen-bond acceptors (Lipinski definition) is 3. The SMILES string of the molecule is CC[C@@H](C)N(C)CC(=O)N(CCC(N)=O)c1ccccc1. The number of carbonyl (C=O) groups is 2. The first-order chi connectivity index (χ1) is 9.95. The summed E-state index contributed by atoms with van der Waals surface area (Å²) in [4.78, 5) is 27.2. The lowest BCUT2D eigenvalue weighted by atomic mass is 10.2. The van der Waals surface area contributed by atoms with Gasteiger partial charge in [-0.2, -0.15) is 0 Å². The molecule has 0 aliphatic rings. The summed E-state index contributed by atoms with van der Waals surface area (Å²) in [7, 11) is 1.93. The van der Waals surface area contributed by atoms with Crippen molar-refractivity contribution >= 4 is 17.5 Å². The van der Waals surface area contributed by atoms with Crippen LogP contribution in [0.25, 0.3) is 0 Å². The predicted octanol–water partition coefficient (Wildman–Crippen LogP) is 1.63. The highest BCUT2D eigenvalue weighted by atomic mass is 16.2. The maximum atomic E-state index is 12.5. The van der Waals surface area contributed by atoms with E-state index in [-0.39, 0.29) is 12.3 Å². The molecule has 1 aromatic rings.